The summed E-state index contributed by atoms with van der Waals surface area (Å²) in [5.74, 6) is 0. The minimum absolute atomic E-state index is 0.722. The normalized spacial score (nSPS) is 8.57. The summed E-state index contributed by atoms with van der Waals surface area (Å²) in [6.07, 6.45) is 3.27. The Balaban J connectivity index is 4.81. The first-order valence-corrected chi connectivity index (χ1v) is 4.16. The molecule has 14 heavy (non-hydrogen) atoms. The predicted molar refractivity (Wildman–Crippen MR) is 66.1 cm³/mol. The van der Waals surface area contributed by atoms with Crippen molar-refractivity contribution < 1.29 is 0 Å². The fourth-order valence-corrected chi connectivity index (χ4v) is 0.816. The highest BCUT2D eigenvalue weighted by molar-refractivity contribution is 5.61. The zero-order valence-electron chi connectivity index (χ0n) is 8.60. The van der Waals surface area contributed by atoms with Gasteiger partial charge in [-0.05, 0) is 27.9 Å². The largest absolute Gasteiger partial charge is 0.0985 e. The van der Waals surface area contributed by atoms with Crippen LogP contribution in [0.1, 0.15) is 0 Å². The van der Waals surface area contributed by atoms with Gasteiger partial charge in [-0.3, -0.25) is 0 Å². The van der Waals surface area contributed by atoms with Crippen LogP contribution in [-0.2, 0) is 0 Å². The lowest BCUT2D eigenvalue weighted by molar-refractivity contribution is 1.43. The lowest BCUT2D eigenvalue weighted by atomic mass is 9.92. The second-order valence-corrected chi connectivity index (χ2v) is 2.89. The van der Waals surface area contributed by atoms with Crippen LogP contribution in [0.3, 0.4) is 0 Å². The molecule has 0 heterocycles. The predicted octanol–water partition coefficient (Wildman–Crippen LogP) is 4.14. The third kappa shape index (κ3) is 2.60. The van der Waals surface area contributed by atoms with Gasteiger partial charge in [0.25, 0.3) is 0 Å². The van der Waals surface area contributed by atoms with Crippen molar-refractivity contribution in [3.8, 4) is 0 Å². The van der Waals surface area contributed by atoms with E-state index in [1.165, 1.54) is 0 Å². The molecule has 0 aliphatic heterocycles. The molecule has 0 fully saturated rings. The van der Waals surface area contributed by atoms with Crippen LogP contribution in [0.25, 0.3) is 0 Å². The molecule has 0 atom stereocenters. The van der Waals surface area contributed by atoms with Crippen LogP contribution >= 0.6 is 0 Å². The molecule has 0 aliphatic carbocycles. The van der Waals surface area contributed by atoms with Gasteiger partial charge in [-0.25, -0.2) is 0 Å². The highest BCUT2D eigenvalue weighted by Crippen LogP contribution is 2.25. The maximum atomic E-state index is 3.88. The molecule has 0 nitrogen and oxygen atoms in total. The molecule has 0 N–H and O–H groups in total. The lowest BCUT2D eigenvalue weighted by Gasteiger charge is -2.12. The van der Waals surface area contributed by atoms with Crippen LogP contribution in [0.5, 0.6) is 0 Å². The van der Waals surface area contributed by atoms with Crippen LogP contribution in [0.4, 0.5) is 0 Å². The average molecular weight is 184 g/mol. The number of hydrogen-bond acceptors (Lipinski definition) is 0. The molecule has 0 aliphatic rings. The molecular formula is C14H16. The van der Waals surface area contributed by atoms with Crippen molar-refractivity contribution in [2.24, 2.45) is 0 Å². The molecular weight excluding hydrogens is 168 g/mol. The fraction of sp³-hybridized carbons (Fsp3) is 0. The van der Waals surface area contributed by atoms with Gasteiger partial charge in [0.2, 0.25) is 0 Å². The van der Waals surface area contributed by atoms with Gasteiger partial charge in [0, 0.05) is 0 Å². The van der Waals surface area contributed by atoms with Crippen molar-refractivity contribution in [1.29, 1.82) is 0 Å². The highest BCUT2D eigenvalue weighted by atomic mass is 14.1. The van der Waals surface area contributed by atoms with Gasteiger partial charge in [0.15, 0.2) is 0 Å². The Hall–Kier alpha value is -1.82. The second-order valence-electron chi connectivity index (χ2n) is 2.89. The average Bonchev–Trinajstić information content (AvgIpc) is 2.23. The van der Waals surface area contributed by atoms with Crippen LogP contribution < -0.4 is 0 Å². The van der Waals surface area contributed by atoms with E-state index in [-0.39, 0.29) is 0 Å². The minimum Gasteiger partial charge on any atom is -0.0985 e. The maximum Gasteiger partial charge on any atom is -0.0184 e. The molecule has 0 rings (SSSR count). The molecule has 0 aromatic carbocycles. The summed E-state index contributed by atoms with van der Waals surface area (Å²) in [7, 11) is 0. The van der Waals surface area contributed by atoms with Crippen molar-refractivity contribution in [1.82, 2.24) is 0 Å². The Morgan fingerprint density at radius 3 is 1.07 bits per heavy atom. The van der Waals surface area contributed by atoms with E-state index in [2.05, 4.69) is 46.1 Å². The van der Waals surface area contributed by atoms with E-state index in [0.29, 0.717) is 0 Å². The number of rotatable bonds is 6. The van der Waals surface area contributed by atoms with Crippen molar-refractivity contribution in [2.75, 3.05) is 0 Å². The molecule has 0 saturated heterocycles. The summed E-state index contributed by atoms with van der Waals surface area (Å²) in [6, 6.07) is 0. The molecule has 72 valence electrons. The first-order chi connectivity index (χ1) is 6.45. The second kappa shape index (κ2) is 5.03. The molecule has 0 heteroatoms. The zero-order chi connectivity index (χ0) is 11.3. The van der Waals surface area contributed by atoms with Crippen LogP contribution in [-0.4, -0.2) is 0 Å². The molecule has 0 unspecified atom stereocenters. The Morgan fingerprint density at radius 1 is 0.571 bits per heavy atom. The Morgan fingerprint density at radius 2 is 0.857 bits per heavy atom. The molecule has 0 bridgehead atoms. The van der Waals surface area contributed by atoms with Crippen molar-refractivity contribution in [3.05, 3.63) is 86.1 Å². The third-order valence-electron chi connectivity index (χ3n) is 2.00. The summed E-state index contributed by atoms with van der Waals surface area (Å²) < 4.78 is 0. The summed E-state index contributed by atoms with van der Waals surface area (Å²) in [5.41, 5.74) is 3.67. The van der Waals surface area contributed by atoms with Crippen molar-refractivity contribution in [3.63, 3.8) is 0 Å². The summed E-state index contributed by atoms with van der Waals surface area (Å²) in [4.78, 5) is 0. The summed E-state index contributed by atoms with van der Waals surface area (Å²) in [6.45, 7) is 26.4. The monoisotopic (exact) mass is 184 g/mol. The molecule has 0 aromatic heterocycles. The van der Waals surface area contributed by atoms with Crippen molar-refractivity contribution >= 4 is 0 Å². The van der Waals surface area contributed by atoms with E-state index >= 15 is 0 Å². The van der Waals surface area contributed by atoms with Gasteiger partial charge in [-0.2, -0.15) is 0 Å². The van der Waals surface area contributed by atoms with Gasteiger partial charge in [-0.1, -0.05) is 58.2 Å². The summed E-state index contributed by atoms with van der Waals surface area (Å²) >= 11 is 0. The zero-order valence-corrected chi connectivity index (χ0v) is 8.60. The maximum absolute atomic E-state index is 3.88. The smallest absolute Gasteiger partial charge is 0.0184 e. The molecule has 0 amide bonds. The van der Waals surface area contributed by atoms with Crippen LogP contribution in [0, 0.1) is 0 Å². The third-order valence-corrected chi connectivity index (χ3v) is 2.00. The first kappa shape index (κ1) is 12.2. The minimum atomic E-state index is 0.722. The van der Waals surface area contributed by atoms with E-state index in [9.17, 15) is 0 Å². The Labute approximate surface area is 86.7 Å². The van der Waals surface area contributed by atoms with Crippen LogP contribution in [0.15, 0.2) is 86.1 Å². The van der Waals surface area contributed by atoms with Gasteiger partial charge in [0.1, 0.15) is 0 Å². The van der Waals surface area contributed by atoms with E-state index in [1.54, 1.807) is 12.2 Å². The SMILES string of the molecule is C=CC(=C)C(=C)C(=C)C(=C)C(=C)C=C. The summed E-state index contributed by atoms with van der Waals surface area (Å²) in [5, 5.41) is 0. The van der Waals surface area contributed by atoms with E-state index in [1.807, 2.05) is 0 Å². The Kier molecular flexibility index (Phi) is 4.37. The molecule has 0 radical (unpaired) electrons. The topological polar surface area (TPSA) is 0 Å². The number of allylic oxidation sites excluding steroid dienone is 7. The van der Waals surface area contributed by atoms with Gasteiger partial charge >= 0.3 is 0 Å². The van der Waals surface area contributed by atoms with Gasteiger partial charge in [0.05, 0.1) is 0 Å². The Bertz CT molecular complexity index is 314. The van der Waals surface area contributed by atoms with E-state index < -0.39 is 0 Å². The highest BCUT2D eigenvalue weighted by Gasteiger charge is 2.06. The lowest BCUT2D eigenvalue weighted by Crippen LogP contribution is -1.93. The van der Waals surface area contributed by atoms with Gasteiger partial charge in [-0.15, -0.1) is 0 Å². The van der Waals surface area contributed by atoms with E-state index in [4.69, 9.17) is 0 Å². The standard InChI is InChI=1S/C14H16/c1-8-10(3)12(5)14(7)13(6)11(4)9-2/h8-9H,1-7H2. The van der Waals surface area contributed by atoms with Crippen molar-refractivity contribution in [2.45, 2.75) is 0 Å². The molecule has 0 spiro atoms. The van der Waals surface area contributed by atoms with Gasteiger partial charge < -0.3 is 0 Å². The molecule has 0 saturated carbocycles. The van der Waals surface area contributed by atoms with E-state index in [0.717, 1.165) is 27.9 Å². The quantitative estimate of drug-likeness (QED) is 0.544. The fourth-order valence-electron chi connectivity index (χ4n) is 0.816. The van der Waals surface area contributed by atoms with Crippen LogP contribution in [0.2, 0.25) is 0 Å². The molecule has 0 aromatic rings. The first-order valence-electron chi connectivity index (χ1n) is 4.16. The number of hydrogen-bond donors (Lipinski definition) is 0.